The van der Waals surface area contributed by atoms with Gasteiger partial charge in [0, 0.05) is 0 Å². The van der Waals surface area contributed by atoms with Crippen molar-refractivity contribution >= 4 is 0 Å². The van der Waals surface area contributed by atoms with Gasteiger partial charge in [0.25, 0.3) is 0 Å². The molecule has 0 unspecified atom stereocenters. The van der Waals surface area contributed by atoms with Gasteiger partial charge in [-0.05, 0) is 0 Å². The van der Waals surface area contributed by atoms with E-state index in [0.29, 0.717) is 0 Å². The molecule has 0 aromatic heterocycles. The molecule has 0 radical (unpaired) electrons. The van der Waals surface area contributed by atoms with Gasteiger partial charge in [-0.15, -0.1) is 0 Å². The van der Waals surface area contributed by atoms with Gasteiger partial charge in [-0.25, -0.2) is 0 Å². The Hall–Kier alpha value is -0.0800. The van der Waals surface area contributed by atoms with Crippen LogP contribution < -0.4 is 0 Å². The quantitative estimate of drug-likeness (QED) is 0.379. The first-order valence-electron chi connectivity index (χ1n) is 3.24. The summed E-state index contributed by atoms with van der Waals surface area (Å²) >= 11 is 0. The Balaban J connectivity index is 4.14. The minimum absolute atomic E-state index is 0.128. The van der Waals surface area contributed by atoms with Gasteiger partial charge in [-0.1, -0.05) is 0 Å². The number of nitrogens with zero attached hydrogens (tertiary/aromatic N) is 1. The van der Waals surface area contributed by atoms with Crippen LogP contribution in [-0.2, 0) is 0 Å². The van der Waals surface area contributed by atoms with Crippen molar-refractivity contribution in [2.75, 3.05) is 34.2 Å². The van der Waals surface area contributed by atoms with Crippen LogP contribution in [0.1, 0.15) is 2.74 Å². The minimum Gasteiger partial charge on any atom is -0.391 e. The van der Waals surface area contributed by atoms with E-state index >= 15 is 0 Å². The largest absolute Gasteiger partial charge is 0.391 e. The Bertz CT molecular complexity index is 97.6. The van der Waals surface area contributed by atoms with Crippen molar-refractivity contribution in [2.24, 2.45) is 0 Å². The number of likely N-dealkylation sites (N-methyl/N-ethyl adjacent to an activating group) is 1. The van der Waals surface area contributed by atoms with Gasteiger partial charge in [0.15, 0.2) is 0 Å². The van der Waals surface area contributed by atoms with Crippen molar-refractivity contribution < 1.29 is 12.3 Å². The maximum absolute atomic E-state index is 8.54. The lowest BCUT2D eigenvalue weighted by atomic mass is 10.8. The summed E-state index contributed by atoms with van der Waals surface area (Å²) in [6, 6.07) is 0. The Morgan fingerprint density at radius 3 is 2.00 bits per heavy atom. The number of rotatable bonds is 2. The Labute approximate surface area is 47.8 Å². The lowest BCUT2D eigenvalue weighted by Gasteiger charge is -2.21. The van der Waals surface area contributed by atoms with Crippen LogP contribution in [0.25, 0.3) is 0 Å². The van der Waals surface area contributed by atoms with Gasteiger partial charge in [0.2, 0.25) is 0 Å². The minimum atomic E-state index is -1.53. The van der Waals surface area contributed by atoms with Gasteiger partial charge in [-0.2, -0.15) is 0 Å². The molecule has 0 heterocycles. The average molecular weight is 107 g/mol. The Kier molecular flexibility index (Phi) is 1.26. The highest BCUT2D eigenvalue weighted by Crippen LogP contribution is 1.84. The highest BCUT2D eigenvalue weighted by molar-refractivity contribution is 4.19. The van der Waals surface area contributed by atoms with E-state index in [2.05, 4.69) is 0 Å². The predicted octanol–water partition coefficient (Wildman–Crippen LogP) is -0.315. The van der Waals surface area contributed by atoms with Gasteiger partial charge in [0.05, 0.1) is 30.5 Å². The molecule has 0 spiro atoms. The molecule has 7 heavy (non-hydrogen) atoms. The van der Waals surface area contributed by atoms with E-state index in [1.54, 1.807) is 21.1 Å². The zero-order valence-electron chi connectivity index (χ0n) is 7.10. The van der Waals surface area contributed by atoms with Crippen LogP contribution in [0.4, 0.5) is 0 Å². The molecular formula is C5H14NO+. The zero-order valence-corrected chi connectivity index (χ0v) is 5.10. The van der Waals surface area contributed by atoms with Gasteiger partial charge >= 0.3 is 0 Å². The molecule has 0 bridgehead atoms. The third kappa shape index (κ3) is 5.92. The van der Waals surface area contributed by atoms with E-state index in [1.165, 1.54) is 0 Å². The fourth-order valence-corrected chi connectivity index (χ4v) is 0.212. The second-order valence-corrected chi connectivity index (χ2v) is 2.33. The average Bonchev–Trinajstić information content (AvgIpc) is 1.64. The Morgan fingerprint density at radius 1 is 1.57 bits per heavy atom. The Morgan fingerprint density at radius 2 is 2.00 bits per heavy atom. The van der Waals surface area contributed by atoms with Crippen molar-refractivity contribution in [3.63, 3.8) is 0 Å². The molecule has 1 N–H and O–H groups in total. The van der Waals surface area contributed by atoms with Crippen LogP contribution in [-0.4, -0.2) is 43.8 Å². The normalized spacial score (nSPS) is 18.3. The molecule has 0 aliphatic rings. The first-order chi connectivity index (χ1) is 3.81. The van der Waals surface area contributed by atoms with Gasteiger partial charge in [0.1, 0.15) is 6.50 Å². The first-order valence-corrected chi connectivity index (χ1v) is 2.24. The van der Waals surface area contributed by atoms with Gasteiger partial charge < -0.3 is 9.59 Å². The van der Waals surface area contributed by atoms with Crippen LogP contribution >= 0.6 is 0 Å². The molecule has 0 aromatic carbocycles. The van der Waals surface area contributed by atoms with Crippen molar-refractivity contribution in [3.05, 3.63) is 0 Å². The maximum atomic E-state index is 8.54. The summed E-state index contributed by atoms with van der Waals surface area (Å²) in [6.07, 6.45) is 0. The fraction of sp³-hybridized carbons (Fsp3) is 1.00. The van der Waals surface area contributed by atoms with Crippen LogP contribution in [0.15, 0.2) is 0 Å². The number of hydrogen-bond acceptors (Lipinski definition) is 1. The van der Waals surface area contributed by atoms with Crippen LogP contribution in [0.5, 0.6) is 0 Å². The van der Waals surface area contributed by atoms with Crippen LogP contribution in [0, 0.1) is 0 Å². The van der Waals surface area contributed by atoms with Crippen molar-refractivity contribution in [1.29, 1.82) is 0 Å². The van der Waals surface area contributed by atoms with Crippen molar-refractivity contribution in [3.8, 4) is 0 Å². The second-order valence-electron chi connectivity index (χ2n) is 2.33. The lowest BCUT2D eigenvalue weighted by Crippen LogP contribution is -2.36. The molecule has 0 aromatic rings. The molecular weight excluding hydrogens is 91.1 g/mol. The molecule has 0 rings (SSSR count). The third-order valence-electron chi connectivity index (χ3n) is 0.545. The summed E-state index contributed by atoms with van der Waals surface area (Å²) in [5.41, 5.74) is 0. The second kappa shape index (κ2) is 2.28. The van der Waals surface area contributed by atoms with E-state index in [4.69, 9.17) is 7.85 Å². The first kappa shape index (κ1) is 3.87. The molecule has 2 nitrogen and oxygen atoms in total. The SMILES string of the molecule is [2H][13C]([2H])(CO)[N+](C)(C)C. The van der Waals surface area contributed by atoms with E-state index in [1.807, 2.05) is 0 Å². The van der Waals surface area contributed by atoms with Crippen molar-refractivity contribution in [1.82, 2.24) is 0 Å². The highest BCUT2D eigenvalue weighted by atomic mass is 16.3. The molecule has 0 amide bonds. The smallest absolute Gasteiger partial charge is 0.101 e. The zero-order chi connectivity index (χ0) is 7.71. The lowest BCUT2D eigenvalue weighted by molar-refractivity contribution is -0.870. The van der Waals surface area contributed by atoms with Crippen LogP contribution in [0.3, 0.4) is 0 Å². The fourth-order valence-electron chi connectivity index (χ4n) is 0.212. The highest BCUT2D eigenvalue weighted by Gasteiger charge is 2.02. The van der Waals surface area contributed by atoms with E-state index in [9.17, 15) is 0 Å². The molecule has 0 saturated carbocycles. The molecule has 2 heteroatoms. The standard InChI is InChI=1S/C5H14NO/c1-6(2,3)4-5-7/h7H,4-5H2,1-3H3/q+1/i4+1D2. The number of aliphatic hydroxyl groups is 1. The monoisotopic (exact) mass is 107 g/mol. The number of aliphatic hydroxyl groups excluding tert-OH is 1. The van der Waals surface area contributed by atoms with E-state index in [-0.39, 0.29) is 4.48 Å². The molecule has 0 atom stereocenters. The third-order valence-corrected chi connectivity index (χ3v) is 0.545. The van der Waals surface area contributed by atoms with Gasteiger partial charge in [-0.3, -0.25) is 0 Å². The summed E-state index contributed by atoms with van der Waals surface area (Å²) in [7, 11) is 5.11. The predicted molar refractivity (Wildman–Crippen MR) is 30.0 cm³/mol. The molecule has 0 fully saturated rings. The molecule has 0 saturated heterocycles. The summed E-state index contributed by atoms with van der Waals surface area (Å²) in [5.74, 6) is 0. The summed E-state index contributed by atoms with van der Waals surface area (Å²) < 4.78 is 14.6. The van der Waals surface area contributed by atoms with Crippen LogP contribution in [0.2, 0.25) is 0 Å². The summed E-state index contributed by atoms with van der Waals surface area (Å²) in [6.45, 7) is -1.96. The van der Waals surface area contributed by atoms with Crippen molar-refractivity contribution in [2.45, 2.75) is 0 Å². The molecule has 0 aliphatic carbocycles. The van der Waals surface area contributed by atoms with E-state index in [0.717, 1.165) is 0 Å². The summed E-state index contributed by atoms with van der Waals surface area (Å²) in [4.78, 5) is 0. The summed E-state index contributed by atoms with van der Waals surface area (Å²) in [5, 5.41) is 8.54. The topological polar surface area (TPSA) is 20.2 Å². The maximum Gasteiger partial charge on any atom is 0.101 e. The number of quaternary nitrogens is 1. The van der Waals surface area contributed by atoms with E-state index < -0.39 is 13.1 Å². The molecule has 44 valence electrons. The number of hydrogen-bond donors (Lipinski definition) is 1. The molecule has 0 aliphatic heterocycles.